The van der Waals surface area contributed by atoms with Crippen LogP contribution in [0.5, 0.6) is 0 Å². The van der Waals surface area contributed by atoms with Gasteiger partial charge in [-0.1, -0.05) is 49.7 Å². The Morgan fingerprint density at radius 2 is 1.71 bits per heavy atom. The normalized spacial score (nSPS) is 12.5. The first kappa shape index (κ1) is 28.5. The lowest BCUT2D eigenvalue weighted by molar-refractivity contribution is -0.139. The molecule has 0 aliphatic heterocycles. The van der Waals surface area contributed by atoms with Gasteiger partial charge in [0.1, 0.15) is 18.4 Å². The number of carbonyl (C=O) groups is 2. The molecule has 2 amide bonds. The molecule has 0 aliphatic carbocycles. The molecule has 192 valence electrons. The van der Waals surface area contributed by atoms with Crippen LogP contribution in [0.2, 0.25) is 5.02 Å². The SMILES string of the molecule is CC(C)CNC(=O)[C@H](C)N(Cc1cccc(Cl)c1)C(=O)CN(c1ccccc1F)S(=O)(=O)N(C)C. The number of halogens is 2. The maximum Gasteiger partial charge on any atom is 0.304 e. The molecule has 0 spiro atoms. The third kappa shape index (κ3) is 7.65. The molecule has 0 fully saturated rings. The minimum Gasteiger partial charge on any atom is -0.354 e. The van der Waals surface area contributed by atoms with E-state index in [1.807, 2.05) is 13.8 Å². The summed E-state index contributed by atoms with van der Waals surface area (Å²) in [6, 6.07) is 11.2. The zero-order chi connectivity index (χ0) is 26.3. The van der Waals surface area contributed by atoms with Crippen molar-refractivity contribution >= 4 is 39.3 Å². The summed E-state index contributed by atoms with van der Waals surface area (Å²) in [6.45, 7) is 5.16. The molecule has 35 heavy (non-hydrogen) atoms. The zero-order valence-corrected chi connectivity index (χ0v) is 22.1. The van der Waals surface area contributed by atoms with Crippen molar-refractivity contribution in [2.45, 2.75) is 33.4 Å². The number of benzene rings is 2. The van der Waals surface area contributed by atoms with E-state index < -0.39 is 34.5 Å². The Kier molecular flexibility index (Phi) is 10.1. The van der Waals surface area contributed by atoms with Gasteiger partial charge in [0.15, 0.2) is 0 Å². The average molecular weight is 527 g/mol. The smallest absolute Gasteiger partial charge is 0.304 e. The monoisotopic (exact) mass is 526 g/mol. The summed E-state index contributed by atoms with van der Waals surface area (Å²) in [5, 5.41) is 3.25. The highest BCUT2D eigenvalue weighted by atomic mass is 35.5. The van der Waals surface area contributed by atoms with Gasteiger partial charge in [-0.05, 0) is 42.7 Å². The summed E-state index contributed by atoms with van der Waals surface area (Å²) >= 11 is 6.09. The van der Waals surface area contributed by atoms with Crippen molar-refractivity contribution in [1.82, 2.24) is 14.5 Å². The molecule has 0 heterocycles. The molecule has 1 atom stereocenters. The fourth-order valence-electron chi connectivity index (χ4n) is 3.22. The molecule has 0 saturated heterocycles. The zero-order valence-electron chi connectivity index (χ0n) is 20.5. The fraction of sp³-hybridized carbons (Fsp3) is 0.417. The molecule has 2 rings (SSSR count). The summed E-state index contributed by atoms with van der Waals surface area (Å²) in [5.41, 5.74) is 0.386. The number of anilines is 1. The van der Waals surface area contributed by atoms with Crippen LogP contribution >= 0.6 is 11.6 Å². The number of rotatable bonds is 11. The lowest BCUT2D eigenvalue weighted by atomic mass is 10.1. The van der Waals surface area contributed by atoms with Gasteiger partial charge in [0.25, 0.3) is 0 Å². The maximum absolute atomic E-state index is 14.6. The van der Waals surface area contributed by atoms with Gasteiger partial charge >= 0.3 is 10.2 Å². The maximum atomic E-state index is 14.6. The Labute approximate surface area is 211 Å². The van der Waals surface area contributed by atoms with Crippen molar-refractivity contribution in [3.8, 4) is 0 Å². The summed E-state index contributed by atoms with van der Waals surface area (Å²) in [7, 11) is -1.65. The van der Waals surface area contributed by atoms with Gasteiger partial charge in [-0.2, -0.15) is 12.7 Å². The van der Waals surface area contributed by atoms with Crippen LogP contribution in [-0.2, 0) is 26.3 Å². The van der Waals surface area contributed by atoms with E-state index in [9.17, 15) is 22.4 Å². The Morgan fingerprint density at radius 1 is 1.06 bits per heavy atom. The minimum absolute atomic E-state index is 0.00276. The number of nitrogens with one attached hydrogen (secondary N) is 1. The Morgan fingerprint density at radius 3 is 2.29 bits per heavy atom. The largest absolute Gasteiger partial charge is 0.354 e. The third-order valence-corrected chi connectivity index (χ3v) is 7.27. The first-order chi connectivity index (χ1) is 16.3. The number of para-hydroxylation sites is 1. The van der Waals surface area contributed by atoms with Crippen molar-refractivity contribution in [2.75, 3.05) is 31.5 Å². The highest BCUT2D eigenvalue weighted by Gasteiger charge is 2.33. The number of nitrogens with zero attached hydrogens (tertiary/aromatic N) is 3. The molecule has 0 bridgehead atoms. The number of amides is 2. The molecule has 11 heteroatoms. The first-order valence-corrected chi connectivity index (χ1v) is 12.9. The molecule has 0 unspecified atom stereocenters. The van der Waals surface area contributed by atoms with Crippen molar-refractivity contribution in [1.29, 1.82) is 0 Å². The minimum atomic E-state index is -4.23. The van der Waals surface area contributed by atoms with Crippen molar-refractivity contribution in [2.24, 2.45) is 5.92 Å². The highest BCUT2D eigenvalue weighted by molar-refractivity contribution is 7.90. The van der Waals surface area contributed by atoms with Crippen LogP contribution < -0.4 is 9.62 Å². The number of hydrogen-bond acceptors (Lipinski definition) is 4. The van der Waals surface area contributed by atoms with Gasteiger partial charge < -0.3 is 10.2 Å². The second kappa shape index (κ2) is 12.3. The third-order valence-electron chi connectivity index (χ3n) is 5.23. The molecule has 0 saturated carbocycles. The molecule has 2 aromatic carbocycles. The lowest BCUT2D eigenvalue weighted by Gasteiger charge is -2.33. The van der Waals surface area contributed by atoms with E-state index in [0.29, 0.717) is 21.4 Å². The quantitative estimate of drug-likeness (QED) is 0.486. The van der Waals surface area contributed by atoms with Gasteiger partial charge in [-0.15, -0.1) is 0 Å². The van der Waals surface area contributed by atoms with E-state index in [1.165, 1.54) is 37.2 Å². The second-order valence-corrected chi connectivity index (χ2v) is 11.2. The van der Waals surface area contributed by atoms with Crippen molar-refractivity contribution in [3.63, 3.8) is 0 Å². The van der Waals surface area contributed by atoms with Crippen LogP contribution in [0.1, 0.15) is 26.3 Å². The van der Waals surface area contributed by atoms with Gasteiger partial charge in [0.2, 0.25) is 11.8 Å². The van der Waals surface area contributed by atoms with Crippen molar-refractivity contribution in [3.05, 3.63) is 64.9 Å². The first-order valence-electron chi connectivity index (χ1n) is 11.1. The Balaban J connectivity index is 2.45. The molecule has 0 radical (unpaired) electrons. The highest BCUT2D eigenvalue weighted by Crippen LogP contribution is 2.24. The van der Waals surface area contributed by atoms with Gasteiger partial charge in [-0.25, -0.2) is 8.70 Å². The van der Waals surface area contributed by atoms with Crippen LogP contribution in [0, 0.1) is 11.7 Å². The van der Waals surface area contributed by atoms with E-state index in [4.69, 9.17) is 11.6 Å². The Bertz CT molecular complexity index is 1140. The molecule has 0 aliphatic rings. The van der Waals surface area contributed by atoms with E-state index in [2.05, 4.69) is 5.32 Å². The molecular weight excluding hydrogens is 495 g/mol. The molecular formula is C24H32ClFN4O4S. The second-order valence-electron chi connectivity index (χ2n) is 8.71. The Hall–Kier alpha value is -2.69. The van der Waals surface area contributed by atoms with Gasteiger partial charge in [-0.3, -0.25) is 9.59 Å². The van der Waals surface area contributed by atoms with E-state index in [1.54, 1.807) is 31.2 Å². The number of carbonyl (C=O) groups excluding carboxylic acids is 2. The standard InChI is InChI=1S/C24H32ClFN4O4S/c1-17(2)14-27-24(32)18(3)29(15-19-9-8-10-20(25)13-19)23(31)16-30(35(33,34)28(4)5)22-12-7-6-11-21(22)26/h6-13,17-18H,14-16H2,1-5H3,(H,27,32)/t18-/m0/s1. The summed E-state index contributed by atoms with van der Waals surface area (Å²) in [5.74, 6) is -1.66. The fourth-order valence-corrected chi connectivity index (χ4v) is 4.50. The number of hydrogen-bond donors (Lipinski definition) is 1. The predicted octanol–water partition coefficient (Wildman–Crippen LogP) is 3.28. The molecule has 0 aromatic heterocycles. The summed E-state index contributed by atoms with van der Waals surface area (Å²) in [6.07, 6.45) is 0. The summed E-state index contributed by atoms with van der Waals surface area (Å²) in [4.78, 5) is 27.6. The van der Waals surface area contributed by atoms with Crippen LogP contribution in [0.4, 0.5) is 10.1 Å². The van der Waals surface area contributed by atoms with Gasteiger partial charge in [0, 0.05) is 32.2 Å². The topological polar surface area (TPSA) is 90.0 Å². The van der Waals surface area contributed by atoms with Gasteiger partial charge in [0.05, 0.1) is 5.69 Å². The van der Waals surface area contributed by atoms with E-state index in [0.717, 1.165) is 10.4 Å². The summed E-state index contributed by atoms with van der Waals surface area (Å²) < 4.78 is 42.3. The molecule has 1 N–H and O–H groups in total. The average Bonchev–Trinajstić information content (AvgIpc) is 2.79. The lowest BCUT2D eigenvalue weighted by Crippen LogP contribution is -2.52. The molecule has 2 aromatic rings. The van der Waals surface area contributed by atoms with Crippen LogP contribution in [0.15, 0.2) is 48.5 Å². The van der Waals surface area contributed by atoms with E-state index in [-0.39, 0.29) is 24.1 Å². The predicted molar refractivity (Wildman–Crippen MR) is 136 cm³/mol. The molecule has 8 nitrogen and oxygen atoms in total. The van der Waals surface area contributed by atoms with Crippen LogP contribution in [0.25, 0.3) is 0 Å². The van der Waals surface area contributed by atoms with Crippen molar-refractivity contribution < 1.29 is 22.4 Å². The van der Waals surface area contributed by atoms with E-state index >= 15 is 0 Å². The van der Waals surface area contributed by atoms with Crippen LogP contribution in [0.3, 0.4) is 0 Å². The van der Waals surface area contributed by atoms with Crippen LogP contribution in [-0.4, -0.2) is 62.7 Å².